The summed E-state index contributed by atoms with van der Waals surface area (Å²) in [7, 11) is -3.68. The van der Waals surface area contributed by atoms with Crippen molar-refractivity contribution in [3.05, 3.63) is 84.9 Å². The monoisotopic (exact) mass is 292 g/mol. The van der Waals surface area contributed by atoms with E-state index in [4.69, 9.17) is 0 Å². The van der Waals surface area contributed by atoms with Gasteiger partial charge in [-0.3, -0.25) is 0 Å². The van der Waals surface area contributed by atoms with E-state index in [0.29, 0.717) is 10.4 Å². The van der Waals surface area contributed by atoms with Gasteiger partial charge in [0.15, 0.2) is 0 Å². The van der Waals surface area contributed by atoms with E-state index in [1.807, 2.05) is 72.8 Å². The first-order chi connectivity index (χ1) is 10.2. The Balaban J connectivity index is 2.16. The van der Waals surface area contributed by atoms with Gasteiger partial charge in [-0.05, 0) is 16.3 Å². The molecule has 0 spiro atoms. The molecule has 0 radical (unpaired) electrons. The highest BCUT2D eigenvalue weighted by molar-refractivity contribution is 6.91. The Labute approximate surface area is 125 Å². The zero-order valence-electron chi connectivity index (χ0n) is 11.5. The highest BCUT2D eigenvalue weighted by Crippen LogP contribution is 2.18. The number of hydrogen-bond acceptors (Lipinski definition) is 2. The number of benzene rings is 3. The maximum absolute atomic E-state index is 10.8. The van der Waals surface area contributed by atoms with Crippen LogP contribution in [0.15, 0.2) is 84.9 Å². The molecule has 0 aliphatic heterocycles. The maximum atomic E-state index is 10.8. The molecule has 0 aliphatic carbocycles. The van der Waals surface area contributed by atoms with E-state index in [0.717, 1.165) is 11.1 Å². The lowest BCUT2D eigenvalue weighted by molar-refractivity contribution is 0.401. The van der Waals surface area contributed by atoms with Crippen LogP contribution in [-0.4, -0.2) is 18.2 Å². The van der Waals surface area contributed by atoms with Gasteiger partial charge >= 0.3 is 8.56 Å². The van der Waals surface area contributed by atoms with Gasteiger partial charge < -0.3 is 9.59 Å². The standard InChI is InChI=1S/C18H16O2Si/c19-21(20,16-11-5-2-6-12-16)18-14-8-7-13-17(18)15-9-3-1-4-10-15/h1-14,19-20H. The Kier molecular flexibility index (Phi) is 3.71. The lowest BCUT2D eigenvalue weighted by Gasteiger charge is -2.22. The Bertz CT molecular complexity index is 724. The maximum Gasteiger partial charge on any atom is 0.402 e. The molecule has 0 saturated carbocycles. The van der Waals surface area contributed by atoms with Gasteiger partial charge in [-0.25, -0.2) is 0 Å². The van der Waals surface area contributed by atoms with Gasteiger partial charge in [-0.1, -0.05) is 84.9 Å². The van der Waals surface area contributed by atoms with Gasteiger partial charge in [0.2, 0.25) is 0 Å². The molecular formula is C18H16O2Si. The molecule has 0 aliphatic rings. The van der Waals surface area contributed by atoms with E-state index in [1.165, 1.54) is 0 Å². The topological polar surface area (TPSA) is 40.5 Å². The minimum Gasteiger partial charge on any atom is -0.404 e. The van der Waals surface area contributed by atoms with Crippen LogP contribution >= 0.6 is 0 Å². The Morgan fingerprint density at radius 3 is 1.76 bits per heavy atom. The fourth-order valence-electron chi connectivity index (χ4n) is 2.48. The second-order valence-corrected chi connectivity index (χ2v) is 7.41. The second kappa shape index (κ2) is 5.66. The summed E-state index contributed by atoms with van der Waals surface area (Å²) >= 11 is 0. The molecule has 2 N–H and O–H groups in total. The van der Waals surface area contributed by atoms with Crippen molar-refractivity contribution in [1.82, 2.24) is 0 Å². The summed E-state index contributed by atoms with van der Waals surface area (Å²) in [6.45, 7) is 0. The quantitative estimate of drug-likeness (QED) is 0.724. The molecule has 3 aromatic carbocycles. The van der Waals surface area contributed by atoms with Crippen LogP contribution in [0.3, 0.4) is 0 Å². The highest BCUT2D eigenvalue weighted by Gasteiger charge is 2.36. The van der Waals surface area contributed by atoms with Crippen molar-refractivity contribution < 1.29 is 9.59 Å². The lowest BCUT2D eigenvalue weighted by Crippen LogP contribution is -2.59. The Hall–Kier alpha value is -2.20. The van der Waals surface area contributed by atoms with Crippen LogP contribution in [-0.2, 0) is 0 Å². The van der Waals surface area contributed by atoms with Crippen molar-refractivity contribution in [1.29, 1.82) is 0 Å². The second-order valence-electron chi connectivity index (χ2n) is 4.95. The molecule has 0 atom stereocenters. The van der Waals surface area contributed by atoms with Crippen LogP contribution in [0.4, 0.5) is 0 Å². The van der Waals surface area contributed by atoms with Crippen molar-refractivity contribution in [3.63, 3.8) is 0 Å². The van der Waals surface area contributed by atoms with Crippen molar-refractivity contribution in [3.8, 4) is 11.1 Å². The summed E-state index contributed by atoms with van der Waals surface area (Å²) in [5.41, 5.74) is 1.86. The molecule has 0 amide bonds. The number of hydrogen-bond donors (Lipinski definition) is 2. The first-order valence-corrected chi connectivity index (χ1v) is 8.74. The van der Waals surface area contributed by atoms with Crippen LogP contribution in [0.25, 0.3) is 11.1 Å². The van der Waals surface area contributed by atoms with Crippen LogP contribution in [0, 0.1) is 0 Å². The highest BCUT2D eigenvalue weighted by atomic mass is 28.4. The molecule has 0 heterocycles. The van der Waals surface area contributed by atoms with Gasteiger partial charge in [0.05, 0.1) is 0 Å². The van der Waals surface area contributed by atoms with Crippen LogP contribution in [0.2, 0.25) is 0 Å². The predicted molar refractivity (Wildman–Crippen MR) is 87.8 cm³/mol. The minimum atomic E-state index is -3.68. The van der Waals surface area contributed by atoms with Gasteiger partial charge in [0, 0.05) is 5.19 Å². The molecule has 0 bridgehead atoms. The molecule has 3 rings (SSSR count). The average molecular weight is 292 g/mol. The molecule has 21 heavy (non-hydrogen) atoms. The normalized spacial score (nSPS) is 11.3. The zero-order valence-corrected chi connectivity index (χ0v) is 12.5. The number of rotatable bonds is 3. The van der Waals surface area contributed by atoms with Crippen molar-refractivity contribution in [2.24, 2.45) is 0 Å². The third kappa shape index (κ3) is 2.67. The van der Waals surface area contributed by atoms with Gasteiger partial charge in [0.1, 0.15) is 0 Å². The summed E-state index contributed by atoms with van der Waals surface area (Å²) in [5.74, 6) is 0. The molecule has 104 valence electrons. The van der Waals surface area contributed by atoms with E-state index in [-0.39, 0.29) is 0 Å². The molecule has 0 saturated heterocycles. The van der Waals surface area contributed by atoms with E-state index in [2.05, 4.69) is 0 Å². The molecule has 0 aromatic heterocycles. The fourth-order valence-corrected chi connectivity index (χ4v) is 4.38. The summed E-state index contributed by atoms with van der Waals surface area (Å²) in [6, 6.07) is 26.4. The van der Waals surface area contributed by atoms with E-state index in [9.17, 15) is 9.59 Å². The molecule has 2 nitrogen and oxygen atoms in total. The summed E-state index contributed by atoms with van der Waals surface area (Å²) in [6.07, 6.45) is 0. The molecule has 3 heteroatoms. The van der Waals surface area contributed by atoms with Crippen molar-refractivity contribution in [2.75, 3.05) is 0 Å². The summed E-state index contributed by atoms with van der Waals surface area (Å²) in [5, 5.41) is 1.20. The minimum absolute atomic E-state index is 0.591. The third-order valence-electron chi connectivity index (χ3n) is 3.56. The smallest absolute Gasteiger partial charge is 0.402 e. The molecule has 0 unspecified atom stereocenters. The van der Waals surface area contributed by atoms with Crippen molar-refractivity contribution >= 4 is 18.9 Å². The average Bonchev–Trinajstić information content (AvgIpc) is 2.56. The largest absolute Gasteiger partial charge is 0.404 e. The Morgan fingerprint density at radius 2 is 1.10 bits per heavy atom. The summed E-state index contributed by atoms with van der Waals surface area (Å²) < 4.78 is 0. The first kappa shape index (κ1) is 13.8. The van der Waals surface area contributed by atoms with E-state index < -0.39 is 8.56 Å². The summed E-state index contributed by atoms with van der Waals surface area (Å²) in [4.78, 5) is 21.6. The first-order valence-electron chi connectivity index (χ1n) is 6.85. The third-order valence-corrected chi connectivity index (χ3v) is 5.89. The molecular weight excluding hydrogens is 276 g/mol. The Morgan fingerprint density at radius 1 is 0.571 bits per heavy atom. The SMILES string of the molecule is O[Si](O)(c1ccccc1)c1ccccc1-c1ccccc1. The molecule has 3 aromatic rings. The van der Waals surface area contributed by atoms with Crippen LogP contribution in [0.5, 0.6) is 0 Å². The zero-order chi connectivity index (χ0) is 14.7. The van der Waals surface area contributed by atoms with Crippen molar-refractivity contribution in [2.45, 2.75) is 0 Å². The van der Waals surface area contributed by atoms with Gasteiger partial charge in [-0.15, -0.1) is 0 Å². The van der Waals surface area contributed by atoms with E-state index >= 15 is 0 Å². The van der Waals surface area contributed by atoms with Crippen LogP contribution in [0.1, 0.15) is 0 Å². The van der Waals surface area contributed by atoms with Crippen LogP contribution < -0.4 is 10.4 Å². The predicted octanol–water partition coefficient (Wildman–Crippen LogP) is 1.89. The van der Waals surface area contributed by atoms with Gasteiger partial charge in [0.25, 0.3) is 0 Å². The fraction of sp³-hybridized carbons (Fsp3) is 0. The van der Waals surface area contributed by atoms with E-state index in [1.54, 1.807) is 12.1 Å². The lowest BCUT2D eigenvalue weighted by atomic mass is 10.1. The van der Waals surface area contributed by atoms with Gasteiger partial charge in [-0.2, -0.15) is 0 Å². The molecule has 0 fully saturated rings.